The van der Waals surface area contributed by atoms with Gasteiger partial charge in [0.15, 0.2) is 6.10 Å². The van der Waals surface area contributed by atoms with Crippen LogP contribution >= 0.6 is 15.2 Å². The van der Waals surface area contributed by atoms with Crippen molar-refractivity contribution in [2.75, 3.05) is 60.1 Å². The van der Waals surface area contributed by atoms with Crippen LogP contribution in [-0.4, -0.2) is 90.5 Å². The fourth-order valence-corrected chi connectivity index (χ4v) is 5.47. The summed E-state index contributed by atoms with van der Waals surface area (Å²) >= 11 is 0. The van der Waals surface area contributed by atoms with E-state index < -0.39 is 20.6 Å². The summed E-state index contributed by atoms with van der Waals surface area (Å²) in [7, 11) is -4.16. The van der Waals surface area contributed by atoms with Crippen LogP contribution in [0.3, 0.4) is 0 Å². The van der Waals surface area contributed by atoms with E-state index in [9.17, 15) is 13.9 Å². The van der Waals surface area contributed by atoms with Crippen LogP contribution in [0.2, 0.25) is 0 Å². The highest BCUT2D eigenvalue weighted by Gasteiger charge is 2.49. The van der Waals surface area contributed by atoms with E-state index in [0.29, 0.717) is 13.2 Å². The maximum absolute atomic E-state index is 11.4. The molecule has 0 aromatic heterocycles. The molecule has 4 atom stereocenters. The maximum atomic E-state index is 11.4. The molecule has 11 nitrogen and oxygen atoms in total. The van der Waals surface area contributed by atoms with Crippen molar-refractivity contribution in [1.29, 1.82) is 0 Å². The molecule has 4 aliphatic rings. The topological polar surface area (TPSA) is 125 Å². The summed E-state index contributed by atoms with van der Waals surface area (Å²) in [4.78, 5) is 10.8. The third kappa shape index (κ3) is 5.87. The van der Waals surface area contributed by atoms with Crippen LogP contribution < -0.4 is 0 Å². The molecule has 0 bridgehead atoms. The van der Waals surface area contributed by atoms with Gasteiger partial charge in [-0.25, -0.2) is 0 Å². The first kappa shape index (κ1) is 23.3. The Morgan fingerprint density at radius 2 is 1.28 bits per heavy atom. The molecule has 0 aromatic rings. The zero-order chi connectivity index (χ0) is 21.3. The van der Waals surface area contributed by atoms with Gasteiger partial charge in [0.2, 0.25) is 0 Å². The average Bonchev–Trinajstić information content (AvgIpc) is 3.23. The Morgan fingerprint density at radius 3 is 1.69 bits per heavy atom. The Bertz CT molecular complexity index is 637. The third-order valence-electron chi connectivity index (χ3n) is 5.00. The minimum atomic E-state index is -2.89. The third-order valence-corrected chi connectivity index (χ3v) is 7.40. The van der Waals surface area contributed by atoms with Crippen molar-refractivity contribution in [1.82, 2.24) is 0 Å². The molecule has 29 heavy (non-hydrogen) atoms. The molecule has 0 radical (unpaired) electrons. The van der Waals surface area contributed by atoms with Gasteiger partial charge in [0.05, 0.1) is 45.1 Å². The number of rotatable bonds is 2. The number of methoxy groups -OCH3 is 1. The molecule has 0 saturated carbocycles. The second kappa shape index (κ2) is 9.02. The Kier molecular flexibility index (Phi) is 7.26. The SMILES string of the molecule is COC1COC2C(OC(C)=O)COC12.CP1(=O)OCC2(CO1)COP(C)(=O)OC2. The minimum absolute atomic E-state index is 0.0411. The lowest BCUT2D eigenvalue weighted by atomic mass is 9.93. The van der Waals surface area contributed by atoms with Crippen LogP contribution in [0.1, 0.15) is 6.92 Å². The second-order valence-corrected chi connectivity index (χ2v) is 11.8. The van der Waals surface area contributed by atoms with E-state index in [1.165, 1.54) is 20.3 Å². The van der Waals surface area contributed by atoms with Crippen LogP contribution in [-0.2, 0) is 51.0 Å². The summed E-state index contributed by atoms with van der Waals surface area (Å²) in [5.41, 5.74) is -0.464. The fourth-order valence-electron chi connectivity index (χ4n) is 3.29. The predicted octanol–water partition coefficient (Wildman–Crippen LogP) is 1.44. The van der Waals surface area contributed by atoms with Crippen LogP contribution in [0.4, 0.5) is 0 Å². The highest BCUT2D eigenvalue weighted by Crippen LogP contribution is 2.56. The maximum Gasteiger partial charge on any atom is 0.327 e. The number of fused-ring (bicyclic) bond motifs is 1. The van der Waals surface area contributed by atoms with Gasteiger partial charge in [-0.3, -0.25) is 13.9 Å². The van der Waals surface area contributed by atoms with Gasteiger partial charge < -0.3 is 37.0 Å². The molecule has 0 aliphatic carbocycles. The number of hydrogen-bond donors (Lipinski definition) is 0. The van der Waals surface area contributed by atoms with E-state index >= 15 is 0 Å². The Balaban J connectivity index is 0.000000166. The van der Waals surface area contributed by atoms with Gasteiger partial charge in [-0.05, 0) is 0 Å². The van der Waals surface area contributed by atoms with Crippen molar-refractivity contribution in [2.45, 2.75) is 31.3 Å². The standard InChI is InChI=1S/C9H14O5.C7H14O6P2/c1-5(10)14-7-4-13-8-6(11-2)3-12-9(7)8;1-14(8)10-3-7(4-11-14)5-12-15(2,9)13-6-7/h6-9H,3-4H2,1-2H3;3-6H2,1-2H3. The van der Waals surface area contributed by atoms with Crippen LogP contribution in [0, 0.1) is 5.41 Å². The van der Waals surface area contributed by atoms with Gasteiger partial charge in [0.25, 0.3) is 0 Å². The van der Waals surface area contributed by atoms with E-state index in [-0.39, 0.29) is 56.8 Å². The zero-order valence-electron chi connectivity index (χ0n) is 16.9. The first-order valence-electron chi connectivity index (χ1n) is 9.21. The van der Waals surface area contributed by atoms with Crippen molar-refractivity contribution in [3.63, 3.8) is 0 Å². The van der Waals surface area contributed by atoms with Crippen molar-refractivity contribution < 1.29 is 51.0 Å². The normalized spacial score (nSPS) is 46.6. The second-order valence-electron chi connectivity index (χ2n) is 7.65. The smallest absolute Gasteiger partial charge is 0.327 e. The molecule has 168 valence electrons. The molecule has 0 aromatic carbocycles. The zero-order valence-corrected chi connectivity index (χ0v) is 18.7. The van der Waals surface area contributed by atoms with Gasteiger partial charge in [0.1, 0.15) is 18.3 Å². The van der Waals surface area contributed by atoms with E-state index in [0.717, 1.165) is 0 Å². The number of esters is 1. The predicted molar refractivity (Wildman–Crippen MR) is 99.1 cm³/mol. The molecule has 4 heterocycles. The average molecular weight is 458 g/mol. The molecule has 4 aliphatic heterocycles. The highest BCUT2D eigenvalue weighted by molar-refractivity contribution is 7.53. The summed E-state index contributed by atoms with van der Waals surface area (Å²) < 4.78 is 64.4. The highest BCUT2D eigenvalue weighted by atomic mass is 31.2. The first-order chi connectivity index (χ1) is 13.5. The molecule has 4 unspecified atom stereocenters. The lowest BCUT2D eigenvalue weighted by Crippen LogP contribution is -2.45. The lowest BCUT2D eigenvalue weighted by Gasteiger charge is -2.41. The van der Waals surface area contributed by atoms with Crippen LogP contribution in [0.15, 0.2) is 0 Å². The fraction of sp³-hybridized carbons (Fsp3) is 0.938. The first-order valence-corrected chi connectivity index (χ1v) is 13.2. The molecular formula is C16H28O11P2. The van der Waals surface area contributed by atoms with Gasteiger partial charge in [-0.2, -0.15) is 0 Å². The Labute approximate surface area is 169 Å². The van der Waals surface area contributed by atoms with E-state index in [2.05, 4.69) is 0 Å². The van der Waals surface area contributed by atoms with E-state index in [1.807, 2.05) is 0 Å². The summed E-state index contributed by atoms with van der Waals surface area (Å²) in [6.45, 7) is 6.14. The Hall–Kier alpha value is -0.350. The van der Waals surface area contributed by atoms with Crippen molar-refractivity contribution in [3.8, 4) is 0 Å². The molecule has 4 rings (SSSR count). The molecule has 4 saturated heterocycles. The molecule has 0 N–H and O–H groups in total. The Morgan fingerprint density at radius 1 is 0.862 bits per heavy atom. The van der Waals surface area contributed by atoms with E-state index in [4.69, 9.17) is 37.0 Å². The number of hydrogen-bond acceptors (Lipinski definition) is 11. The molecule has 0 amide bonds. The van der Waals surface area contributed by atoms with Crippen LogP contribution in [0.25, 0.3) is 0 Å². The van der Waals surface area contributed by atoms with Gasteiger partial charge in [-0.15, -0.1) is 0 Å². The molecular weight excluding hydrogens is 430 g/mol. The number of carbonyl (C=O) groups excluding carboxylic acids is 1. The van der Waals surface area contributed by atoms with Crippen molar-refractivity contribution in [3.05, 3.63) is 0 Å². The monoisotopic (exact) mass is 458 g/mol. The molecule has 4 fully saturated rings. The van der Waals surface area contributed by atoms with Crippen LogP contribution in [0.5, 0.6) is 0 Å². The van der Waals surface area contributed by atoms with Gasteiger partial charge >= 0.3 is 21.2 Å². The van der Waals surface area contributed by atoms with Crippen molar-refractivity contribution >= 4 is 21.2 Å². The van der Waals surface area contributed by atoms with E-state index in [1.54, 1.807) is 7.11 Å². The molecule has 13 heteroatoms. The summed E-state index contributed by atoms with van der Waals surface area (Å²) in [6, 6.07) is 0. The quantitative estimate of drug-likeness (QED) is 0.441. The van der Waals surface area contributed by atoms with Gasteiger partial charge in [-0.1, -0.05) is 0 Å². The summed E-state index contributed by atoms with van der Waals surface area (Å²) in [5.74, 6) is -0.302. The largest absolute Gasteiger partial charge is 0.457 e. The minimum Gasteiger partial charge on any atom is -0.457 e. The molecule has 1 spiro atoms. The number of ether oxygens (including phenoxy) is 4. The van der Waals surface area contributed by atoms with Gasteiger partial charge in [0, 0.05) is 27.4 Å². The van der Waals surface area contributed by atoms with Crippen molar-refractivity contribution in [2.24, 2.45) is 5.41 Å². The number of carbonyl (C=O) groups is 1. The lowest BCUT2D eigenvalue weighted by molar-refractivity contribution is -0.151. The summed E-state index contributed by atoms with van der Waals surface area (Å²) in [5, 5.41) is 0. The summed E-state index contributed by atoms with van der Waals surface area (Å²) in [6.07, 6.45) is -0.577.